The highest BCUT2D eigenvalue weighted by Crippen LogP contribution is 2.09. The summed E-state index contributed by atoms with van der Waals surface area (Å²) in [6.07, 6.45) is 1.02. The number of ether oxygens (including phenoxy) is 1. The Morgan fingerprint density at radius 3 is 2.30 bits per heavy atom. The summed E-state index contributed by atoms with van der Waals surface area (Å²) in [5.74, 6) is 1.04. The Labute approximate surface area is 161 Å². The fraction of sp³-hybridized carbons (Fsp3) is 0.409. The van der Waals surface area contributed by atoms with Crippen molar-refractivity contribution in [2.75, 3.05) is 51.2 Å². The van der Waals surface area contributed by atoms with Crippen LogP contribution < -0.4 is 19.9 Å². The van der Waals surface area contributed by atoms with Crippen LogP contribution in [0.25, 0.3) is 0 Å². The number of anilines is 1. The summed E-state index contributed by atoms with van der Waals surface area (Å²) < 4.78 is 5.79. The van der Waals surface area contributed by atoms with Crippen molar-refractivity contribution in [1.82, 2.24) is 0 Å². The molecule has 0 aromatic heterocycles. The normalized spacial score (nSPS) is 19.4. The maximum absolute atomic E-state index is 12.3. The quantitative estimate of drug-likeness (QED) is 0.616. The zero-order valence-corrected chi connectivity index (χ0v) is 16.2. The third-order valence-electron chi connectivity index (χ3n) is 5.19. The molecule has 0 atom stereocenters. The van der Waals surface area contributed by atoms with E-state index in [0.29, 0.717) is 6.54 Å². The van der Waals surface area contributed by atoms with Crippen LogP contribution in [0.1, 0.15) is 12.5 Å². The Kier molecular flexibility index (Phi) is 7.25. The Bertz CT molecular complexity index is 695. The Hall–Kier alpha value is -2.37. The van der Waals surface area contributed by atoms with Crippen LogP contribution in [0.15, 0.2) is 54.6 Å². The monoisotopic (exact) mass is 369 g/mol. The third-order valence-corrected chi connectivity index (χ3v) is 5.19. The molecule has 3 N–H and O–H groups in total. The summed E-state index contributed by atoms with van der Waals surface area (Å²) in [7, 11) is 0. The van der Waals surface area contributed by atoms with Gasteiger partial charge >= 0.3 is 0 Å². The Morgan fingerprint density at radius 2 is 1.63 bits per heavy atom. The summed E-state index contributed by atoms with van der Waals surface area (Å²) in [5, 5.41) is 3.02. The minimum Gasteiger partial charge on any atom is -0.488 e. The molecule has 5 heteroatoms. The first-order chi connectivity index (χ1) is 13.2. The SMILES string of the molecule is CCc1ccc(NC(=O)C[NH+]2CC[NH+](CCOc3ccccc3)CC2)cc1. The number of para-hydroxylation sites is 1. The van der Waals surface area contributed by atoms with Crippen molar-refractivity contribution in [2.24, 2.45) is 0 Å². The molecule has 0 aliphatic carbocycles. The van der Waals surface area contributed by atoms with Crippen LogP contribution in [-0.4, -0.2) is 51.8 Å². The van der Waals surface area contributed by atoms with Gasteiger partial charge in [0.1, 0.15) is 45.1 Å². The van der Waals surface area contributed by atoms with Gasteiger partial charge in [0.15, 0.2) is 6.54 Å². The van der Waals surface area contributed by atoms with Gasteiger partial charge in [0.05, 0.1) is 0 Å². The van der Waals surface area contributed by atoms with Crippen molar-refractivity contribution < 1.29 is 19.3 Å². The molecule has 0 unspecified atom stereocenters. The predicted molar refractivity (Wildman–Crippen MR) is 108 cm³/mol. The predicted octanol–water partition coefficient (Wildman–Crippen LogP) is 0.0499. The molecule has 1 aliphatic rings. The van der Waals surface area contributed by atoms with Crippen LogP contribution >= 0.6 is 0 Å². The van der Waals surface area contributed by atoms with E-state index in [0.717, 1.165) is 57.2 Å². The number of hydrogen-bond acceptors (Lipinski definition) is 2. The van der Waals surface area contributed by atoms with Crippen LogP contribution in [0.2, 0.25) is 0 Å². The second-order valence-corrected chi connectivity index (χ2v) is 7.19. The van der Waals surface area contributed by atoms with Gasteiger partial charge in [0, 0.05) is 5.69 Å². The van der Waals surface area contributed by atoms with Crippen molar-refractivity contribution >= 4 is 11.6 Å². The number of carbonyl (C=O) groups is 1. The van der Waals surface area contributed by atoms with Crippen molar-refractivity contribution in [3.05, 3.63) is 60.2 Å². The van der Waals surface area contributed by atoms with Crippen LogP contribution in [0.4, 0.5) is 5.69 Å². The fourth-order valence-corrected chi connectivity index (χ4v) is 3.47. The lowest BCUT2D eigenvalue weighted by molar-refractivity contribution is -1.01. The van der Waals surface area contributed by atoms with Crippen LogP contribution in [0.3, 0.4) is 0 Å². The highest BCUT2D eigenvalue weighted by atomic mass is 16.5. The summed E-state index contributed by atoms with van der Waals surface area (Å²) in [6.45, 7) is 8.67. The van der Waals surface area contributed by atoms with Crippen molar-refractivity contribution in [3.63, 3.8) is 0 Å². The number of piperazine rings is 1. The van der Waals surface area contributed by atoms with Gasteiger partial charge in [-0.15, -0.1) is 0 Å². The molecule has 5 nitrogen and oxygen atoms in total. The summed E-state index contributed by atoms with van der Waals surface area (Å²) in [4.78, 5) is 15.2. The zero-order valence-electron chi connectivity index (χ0n) is 16.2. The van der Waals surface area contributed by atoms with E-state index < -0.39 is 0 Å². The first-order valence-corrected chi connectivity index (χ1v) is 9.96. The number of quaternary nitrogens is 2. The number of benzene rings is 2. The molecule has 1 saturated heterocycles. The van der Waals surface area contributed by atoms with E-state index in [1.165, 1.54) is 10.5 Å². The third kappa shape index (κ3) is 6.38. The van der Waals surface area contributed by atoms with E-state index in [-0.39, 0.29) is 5.91 Å². The van der Waals surface area contributed by atoms with Crippen LogP contribution in [-0.2, 0) is 11.2 Å². The van der Waals surface area contributed by atoms with E-state index in [1.54, 1.807) is 4.90 Å². The van der Waals surface area contributed by atoms with Gasteiger partial charge in [-0.1, -0.05) is 37.3 Å². The number of amides is 1. The second-order valence-electron chi connectivity index (χ2n) is 7.19. The van der Waals surface area contributed by atoms with Gasteiger partial charge in [-0.05, 0) is 36.2 Å². The molecule has 0 spiro atoms. The molecule has 3 rings (SSSR count). The molecule has 0 radical (unpaired) electrons. The first-order valence-electron chi connectivity index (χ1n) is 9.96. The summed E-state index contributed by atoms with van der Waals surface area (Å²) >= 11 is 0. The molecular formula is C22H31N3O2+2. The van der Waals surface area contributed by atoms with Crippen molar-refractivity contribution in [1.29, 1.82) is 0 Å². The van der Waals surface area contributed by atoms with E-state index in [9.17, 15) is 4.79 Å². The number of nitrogens with one attached hydrogen (secondary N) is 3. The van der Waals surface area contributed by atoms with Gasteiger partial charge in [-0.3, -0.25) is 4.79 Å². The number of aryl methyl sites for hydroxylation is 1. The molecule has 1 fully saturated rings. The van der Waals surface area contributed by atoms with Crippen molar-refractivity contribution in [3.8, 4) is 5.75 Å². The van der Waals surface area contributed by atoms with E-state index in [4.69, 9.17) is 4.74 Å². The number of hydrogen-bond donors (Lipinski definition) is 3. The standard InChI is InChI=1S/C22H29N3O2/c1-2-19-8-10-20(11-9-19)23-22(26)18-25-14-12-24(13-15-25)16-17-27-21-6-4-3-5-7-21/h3-11H,2,12-18H2,1H3,(H,23,26)/p+2. The minimum absolute atomic E-state index is 0.102. The zero-order chi connectivity index (χ0) is 18.9. The van der Waals surface area contributed by atoms with E-state index in [2.05, 4.69) is 24.4 Å². The average molecular weight is 370 g/mol. The number of carbonyl (C=O) groups excluding carboxylic acids is 1. The lowest BCUT2D eigenvalue weighted by Gasteiger charge is -2.29. The van der Waals surface area contributed by atoms with Gasteiger partial charge in [0.2, 0.25) is 0 Å². The first kappa shape index (κ1) is 19.4. The molecule has 0 bridgehead atoms. The summed E-state index contributed by atoms with van der Waals surface area (Å²) in [6, 6.07) is 18.1. The second kappa shape index (κ2) is 10.1. The highest BCUT2D eigenvalue weighted by Gasteiger charge is 2.24. The van der Waals surface area contributed by atoms with Gasteiger partial charge in [-0.2, -0.15) is 0 Å². The van der Waals surface area contributed by atoms with Crippen LogP contribution in [0, 0.1) is 0 Å². The molecule has 1 aliphatic heterocycles. The Balaban J connectivity index is 1.33. The average Bonchev–Trinajstić information content (AvgIpc) is 2.71. The minimum atomic E-state index is 0.102. The lowest BCUT2D eigenvalue weighted by atomic mass is 10.1. The molecule has 144 valence electrons. The summed E-state index contributed by atoms with van der Waals surface area (Å²) in [5.41, 5.74) is 2.17. The maximum Gasteiger partial charge on any atom is 0.279 e. The molecule has 2 aromatic rings. The van der Waals surface area contributed by atoms with Gasteiger partial charge in [0.25, 0.3) is 5.91 Å². The van der Waals surface area contributed by atoms with Crippen LogP contribution in [0.5, 0.6) is 5.75 Å². The smallest absolute Gasteiger partial charge is 0.279 e. The largest absolute Gasteiger partial charge is 0.488 e. The van der Waals surface area contributed by atoms with Gasteiger partial charge in [-0.25, -0.2) is 0 Å². The molecule has 27 heavy (non-hydrogen) atoms. The molecule has 1 amide bonds. The number of rotatable bonds is 8. The molecule has 0 saturated carbocycles. The van der Waals surface area contributed by atoms with Crippen molar-refractivity contribution in [2.45, 2.75) is 13.3 Å². The molecule has 2 aromatic carbocycles. The Morgan fingerprint density at radius 1 is 0.963 bits per heavy atom. The highest BCUT2D eigenvalue weighted by molar-refractivity contribution is 5.91. The van der Waals surface area contributed by atoms with Gasteiger partial charge < -0.3 is 19.9 Å². The maximum atomic E-state index is 12.3. The fourth-order valence-electron chi connectivity index (χ4n) is 3.47. The topological polar surface area (TPSA) is 47.2 Å². The molecular weight excluding hydrogens is 338 g/mol. The molecule has 1 heterocycles. The van der Waals surface area contributed by atoms with E-state index >= 15 is 0 Å². The van der Waals surface area contributed by atoms with E-state index in [1.807, 2.05) is 42.5 Å². The lowest BCUT2D eigenvalue weighted by Crippen LogP contribution is -3.28.